The number of benzene rings is 2. The first-order valence-electron chi connectivity index (χ1n) is 5.34. The third-order valence-electron chi connectivity index (χ3n) is 2.25. The molecule has 0 fully saturated rings. The first-order chi connectivity index (χ1) is 8.24. The fraction of sp³-hybridized carbons (Fsp3) is 0.0714. The van der Waals surface area contributed by atoms with E-state index in [1.54, 1.807) is 0 Å². The van der Waals surface area contributed by atoms with Gasteiger partial charge in [-0.3, -0.25) is 4.79 Å². The van der Waals surface area contributed by atoms with Gasteiger partial charge in [0.25, 0.3) is 5.24 Å². The molecule has 0 atom stereocenters. The SMILES string of the molecule is Cc1ccc(NC(=O)Sc2ccccc2)cc1. The smallest absolute Gasteiger partial charge is 0.288 e. The van der Waals surface area contributed by atoms with Crippen molar-refractivity contribution in [2.24, 2.45) is 0 Å². The monoisotopic (exact) mass is 243 g/mol. The second-order valence-electron chi connectivity index (χ2n) is 3.69. The van der Waals surface area contributed by atoms with E-state index < -0.39 is 0 Å². The molecule has 0 aliphatic heterocycles. The van der Waals surface area contributed by atoms with Crippen molar-refractivity contribution in [2.75, 3.05) is 5.32 Å². The van der Waals surface area contributed by atoms with Gasteiger partial charge in [-0.25, -0.2) is 0 Å². The summed E-state index contributed by atoms with van der Waals surface area (Å²) in [5.41, 5.74) is 2.00. The molecule has 0 unspecified atom stereocenters. The Morgan fingerprint density at radius 1 is 1.00 bits per heavy atom. The Hall–Kier alpha value is -1.74. The van der Waals surface area contributed by atoms with Crippen LogP contribution in [0.3, 0.4) is 0 Å². The van der Waals surface area contributed by atoms with E-state index in [2.05, 4.69) is 5.32 Å². The molecule has 1 amide bonds. The summed E-state index contributed by atoms with van der Waals surface area (Å²) in [5, 5.41) is 2.77. The molecule has 0 heterocycles. The third-order valence-corrected chi connectivity index (χ3v) is 3.05. The summed E-state index contributed by atoms with van der Waals surface area (Å²) in [6, 6.07) is 17.4. The largest absolute Gasteiger partial charge is 0.317 e. The summed E-state index contributed by atoms with van der Waals surface area (Å²) in [5.74, 6) is 0. The van der Waals surface area contributed by atoms with E-state index in [1.807, 2.05) is 61.5 Å². The Balaban J connectivity index is 1.96. The normalized spacial score (nSPS) is 9.94. The molecule has 2 aromatic rings. The highest BCUT2D eigenvalue weighted by molar-refractivity contribution is 8.13. The van der Waals surface area contributed by atoms with Gasteiger partial charge in [0.1, 0.15) is 0 Å². The molecule has 17 heavy (non-hydrogen) atoms. The first kappa shape index (κ1) is 11.7. The number of rotatable bonds is 2. The lowest BCUT2D eigenvalue weighted by atomic mass is 10.2. The predicted octanol–water partition coefficient (Wildman–Crippen LogP) is 4.32. The van der Waals surface area contributed by atoms with Crippen LogP contribution in [0.5, 0.6) is 0 Å². The van der Waals surface area contributed by atoms with Crippen molar-refractivity contribution < 1.29 is 4.79 Å². The van der Waals surface area contributed by atoms with Crippen molar-refractivity contribution in [2.45, 2.75) is 11.8 Å². The molecule has 0 aliphatic rings. The maximum absolute atomic E-state index is 11.7. The van der Waals surface area contributed by atoms with Crippen molar-refractivity contribution in [3.05, 3.63) is 60.2 Å². The highest BCUT2D eigenvalue weighted by atomic mass is 32.2. The number of carbonyl (C=O) groups is 1. The van der Waals surface area contributed by atoms with Crippen LogP contribution < -0.4 is 5.32 Å². The number of amides is 1. The number of nitrogens with one attached hydrogen (secondary N) is 1. The van der Waals surface area contributed by atoms with Crippen LogP contribution in [0.15, 0.2) is 59.5 Å². The number of hydrogen-bond acceptors (Lipinski definition) is 2. The lowest BCUT2D eigenvalue weighted by molar-refractivity contribution is 0.270. The second-order valence-corrected chi connectivity index (χ2v) is 4.74. The number of aryl methyl sites for hydroxylation is 1. The van der Waals surface area contributed by atoms with Gasteiger partial charge in [0.15, 0.2) is 0 Å². The summed E-state index contributed by atoms with van der Waals surface area (Å²) in [6.07, 6.45) is 0. The van der Waals surface area contributed by atoms with Gasteiger partial charge >= 0.3 is 0 Å². The van der Waals surface area contributed by atoms with Gasteiger partial charge < -0.3 is 5.32 Å². The lowest BCUT2D eigenvalue weighted by Gasteiger charge is -2.04. The molecular formula is C14H13NOS. The fourth-order valence-corrected chi connectivity index (χ4v) is 2.05. The molecule has 2 nitrogen and oxygen atoms in total. The molecule has 0 saturated carbocycles. The number of thioether (sulfide) groups is 1. The standard InChI is InChI=1S/C14H13NOS/c1-11-7-9-12(10-8-11)15-14(16)17-13-5-3-2-4-6-13/h2-10H,1H3,(H,15,16). The Kier molecular flexibility index (Phi) is 3.83. The Labute approximate surface area is 105 Å². The van der Waals surface area contributed by atoms with Gasteiger partial charge in [-0.15, -0.1) is 0 Å². The summed E-state index contributed by atoms with van der Waals surface area (Å²) in [7, 11) is 0. The van der Waals surface area contributed by atoms with Crippen LogP contribution in [0.1, 0.15) is 5.56 Å². The molecule has 0 aliphatic carbocycles. The van der Waals surface area contributed by atoms with E-state index in [9.17, 15) is 4.79 Å². The van der Waals surface area contributed by atoms with Gasteiger partial charge in [0.05, 0.1) is 0 Å². The minimum absolute atomic E-state index is 0.0694. The Bertz CT molecular complexity index is 493. The van der Waals surface area contributed by atoms with Crippen LogP contribution >= 0.6 is 11.8 Å². The van der Waals surface area contributed by atoms with Gasteiger partial charge in [0.2, 0.25) is 0 Å². The molecule has 2 aromatic carbocycles. The van der Waals surface area contributed by atoms with Crippen molar-refractivity contribution in [3.63, 3.8) is 0 Å². The van der Waals surface area contributed by atoms with Gasteiger partial charge in [-0.2, -0.15) is 0 Å². The van der Waals surface area contributed by atoms with Crippen LogP contribution in [0.4, 0.5) is 10.5 Å². The maximum atomic E-state index is 11.7. The summed E-state index contributed by atoms with van der Waals surface area (Å²) < 4.78 is 0. The van der Waals surface area contributed by atoms with E-state index in [0.717, 1.165) is 10.6 Å². The molecule has 0 aromatic heterocycles. The highest BCUT2D eigenvalue weighted by Gasteiger charge is 2.04. The molecular weight excluding hydrogens is 230 g/mol. The average molecular weight is 243 g/mol. The van der Waals surface area contributed by atoms with Crippen LogP contribution in [0.25, 0.3) is 0 Å². The quantitative estimate of drug-likeness (QED) is 0.796. The predicted molar refractivity (Wildman–Crippen MR) is 72.5 cm³/mol. The molecule has 2 rings (SSSR count). The van der Waals surface area contributed by atoms with E-state index in [-0.39, 0.29) is 5.24 Å². The fourth-order valence-electron chi connectivity index (χ4n) is 1.38. The van der Waals surface area contributed by atoms with Gasteiger partial charge in [-0.05, 0) is 43.0 Å². The first-order valence-corrected chi connectivity index (χ1v) is 6.16. The Morgan fingerprint density at radius 2 is 1.65 bits per heavy atom. The molecule has 1 N–H and O–H groups in total. The average Bonchev–Trinajstić information content (AvgIpc) is 2.33. The van der Waals surface area contributed by atoms with Crippen molar-refractivity contribution in [3.8, 4) is 0 Å². The minimum Gasteiger partial charge on any atom is -0.317 e. The van der Waals surface area contributed by atoms with E-state index >= 15 is 0 Å². The highest BCUT2D eigenvalue weighted by Crippen LogP contribution is 2.20. The molecule has 0 bridgehead atoms. The molecule has 0 radical (unpaired) electrons. The molecule has 3 heteroatoms. The van der Waals surface area contributed by atoms with Gasteiger partial charge in [-0.1, -0.05) is 35.9 Å². The third kappa shape index (κ3) is 3.64. The van der Waals surface area contributed by atoms with Crippen LogP contribution in [0, 0.1) is 6.92 Å². The van der Waals surface area contributed by atoms with Crippen LogP contribution in [0.2, 0.25) is 0 Å². The van der Waals surface area contributed by atoms with Crippen molar-refractivity contribution in [1.29, 1.82) is 0 Å². The lowest BCUT2D eigenvalue weighted by Crippen LogP contribution is -2.04. The number of hydrogen-bond donors (Lipinski definition) is 1. The maximum Gasteiger partial charge on any atom is 0.288 e. The van der Waals surface area contributed by atoms with E-state index in [1.165, 1.54) is 17.3 Å². The zero-order valence-corrected chi connectivity index (χ0v) is 10.3. The molecule has 0 spiro atoms. The van der Waals surface area contributed by atoms with E-state index in [0.29, 0.717) is 0 Å². The summed E-state index contributed by atoms with van der Waals surface area (Å²) in [4.78, 5) is 12.7. The van der Waals surface area contributed by atoms with Crippen LogP contribution in [-0.2, 0) is 0 Å². The topological polar surface area (TPSA) is 29.1 Å². The zero-order valence-electron chi connectivity index (χ0n) is 9.51. The summed E-state index contributed by atoms with van der Waals surface area (Å²) >= 11 is 1.19. The summed E-state index contributed by atoms with van der Waals surface area (Å²) in [6.45, 7) is 2.02. The number of carbonyl (C=O) groups excluding carboxylic acids is 1. The second kappa shape index (κ2) is 5.55. The minimum atomic E-state index is -0.0694. The zero-order chi connectivity index (χ0) is 12.1. The molecule has 0 saturated heterocycles. The number of anilines is 1. The van der Waals surface area contributed by atoms with Crippen molar-refractivity contribution >= 4 is 22.7 Å². The van der Waals surface area contributed by atoms with Crippen molar-refractivity contribution in [1.82, 2.24) is 0 Å². The molecule has 86 valence electrons. The van der Waals surface area contributed by atoms with E-state index in [4.69, 9.17) is 0 Å². The van der Waals surface area contributed by atoms with Crippen LogP contribution in [-0.4, -0.2) is 5.24 Å². The van der Waals surface area contributed by atoms with Gasteiger partial charge in [0, 0.05) is 10.6 Å². The Morgan fingerprint density at radius 3 is 2.29 bits per heavy atom.